The summed E-state index contributed by atoms with van der Waals surface area (Å²) in [6.07, 6.45) is 7.13. The molecule has 92 valence electrons. The summed E-state index contributed by atoms with van der Waals surface area (Å²) in [7, 11) is 1.69. The van der Waals surface area contributed by atoms with Gasteiger partial charge >= 0.3 is 0 Å². The first kappa shape index (κ1) is 13.9. The van der Waals surface area contributed by atoms with Crippen molar-refractivity contribution >= 4 is 11.6 Å². The average molecular weight is 251 g/mol. The first-order valence-electron chi connectivity index (χ1n) is 5.83. The zero-order valence-electron chi connectivity index (χ0n) is 10.9. The van der Waals surface area contributed by atoms with Crippen molar-refractivity contribution in [2.24, 2.45) is 0 Å². The Balaban J connectivity index is 3.39. The van der Waals surface area contributed by atoms with Crippen LogP contribution < -0.4 is 4.74 Å². The SMILES string of the molecule is C#CCC(CC)c1c(OC)cc(C)c(Cl)c1C. The number of ether oxygens (including phenoxy) is 1. The zero-order valence-corrected chi connectivity index (χ0v) is 11.7. The topological polar surface area (TPSA) is 9.23 Å². The molecule has 0 saturated heterocycles. The second-order valence-electron chi connectivity index (χ2n) is 4.26. The molecule has 0 N–H and O–H groups in total. The quantitative estimate of drug-likeness (QED) is 0.716. The van der Waals surface area contributed by atoms with Crippen LogP contribution in [0.5, 0.6) is 5.75 Å². The van der Waals surface area contributed by atoms with Crippen molar-refractivity contribution in [1.82, 2.24) is 0 Å². The Morgan fingerprint density at radius 2 is 2.12 bits per heavy atom. The summed E-state index contributed by atoms with van der Waals surface area (Å²) in [6, 6.07) is 1.99. The third-order valence-electron chi connectivity index (χ3n) is 3.18. The zero-order chi connectivity index (χ0) is 13.0. The molecule has 1 unspecified atom stereocenters. The standard InChI is InChI=1S/C15H19ClO/c1-6-8-12(7-2)14-11(4)15(16)10(3)9-13(14)17-5/h1,9,12H,7-8H2,2-5H3. The molecule has 0 aliphatic carbocycles. The van der Waals surface area contributed by atoms with E-state index in [1.54, 1.807) is 7.11 Å². The third-order valence-corrected chi connectivity index (χ3v) is 3.76. The summed E-state index contributed by atoms with van der Waals surface area (Å²) >= 11 is 6.31. The Labute approximate surface area is 109 Å². The van der Waals surface area contributed by atoms with Gasteiger partial charge in [-0.1, -0.05) is 18.5 Å². The minimum absolute atomic E-state index is 0.313. The summed E-state index contributed by atoms with van der Waals surface area (Å²) in [4.78, 5) is 0. The van der Waals surface area contributed by atoms with Gasteiger partial charge in [-0.15, -0.1) is 12.3 Å². The minimum Gasteiger partial charge on any atom is -0.496 e. The molecule has 2 heteroatoms. The number of rotatable bonds is 4. The van der Waals surface area contributed by atoms with Crippen molar-refractivity contribution in [3.8, 4) is 18.1 Å². The van der Waals surface area contributed by atoms with Crippen LogP contribution in [-0.4, -0.2) is 7.11 Å². The molecule has 1 atom stereocenters. The number of terminal acetylenes is 1. The molecular formula is C15H19ClO. The van der Waals surface area contributed by atoms with Gasteiger partial charge in [0.2, 0.25) is 0 Å². The molecule has 0 saturated carbocycles. The number of hydrogen-bond acceptors (Lipinski definition) is 1. The van der Waals surface area contributed by atoms with Crippen LogP contribution in [0.25, 0.3) is 0 Å². The lowest BCUT2D eigenvalue weighted by Gasteiger charge is -2.21. The van der Waals surface area contributed by atoms with E-state index in [0.29, 0.717) is 12.3 Å². The van der Waals surface area contributed by atoms with Crippen LogP contribution in [0.4, 0.5) is 0 Å². The summed E-state index contributed by atoms with van der Waals surface area (Å²) in [5.41, 5.74) is 3.29. The molecule has 1 aromatic rings. The van der Waals surface area contributed by atoms with Gasteiger partial charge < -0.3 is 4.74 Å². The van der Waals surface area contributed by atoms with Crippen molar-refractivity contribution in [1.29, 1.82) is 0 Å². The predicted octanol–water partition coefficient (Wildman–Crippen LogP) is 4.48. The Bertz CT molecular complexity index is 443. The Kier molecular flexibility index (Phi) is 4.90. The number of hydrogen-bond donors (Lipinski definition) is 0. The Morgan fingerprint density at radius 1 is 1.47 bits per heavy atom. The van der Waals surface area contributed by atoms with E-state index >= 15 is 0 Å². The molecule has 1 aromatic carbocycles. The molecule has 1 rings (SSSR count). The second-order valence-corrected chi connectivity index (χ2v) is 4.64. The molecule has 0 heterocycles. The number of halogens is 1. The van der Waals surface area contributed by atoms with Gasteiger partial charge in [-0.25, -0.2) is 0 Å². The van der Waals surface area contributed by atoms with Gasteiger partial charge in [0.1, 0.15) is 5.75 Å². The first-order valence-corrected chi connectivity index (χ1v) is 6.21. The molecule has 0 bridgehead atoms. The fraction of sp³-hybridized carbons (Fsp3) is 0.467. The minimum atomic E-state index is 0.313. The van der Waals surface area contributed by atoms with Crippen LogP contribution in [0.15, 0.2) is 6.07 Å². The van der Waals surface area contributed by atoms with Gasteiger partial charge in [0.05, 0.1) is 7.11 Å². The molecule has 17 heavy (non-hydrogen) atoms. The van der Waals surface area contributed by atoms with Gasteiger partial charge in [-0.2, -0.15) is 0 Å². The van der Waals surface area contributed by atoms with E-state index in [2.05, 4.69) is 12.8 Å². The highest BCUT2D eigenvalue weighted by atomic mass is 35.5. The van der Waals surface area contributed by atoms with Crippen LogP contribution >= 0.6 is 11.6 Å². The largest absolute Gasteiger partial charge is 0.496 e. The van der Waals surface area contributed by atoms with Gasteiger partial charge in [0, 0.05) is 17.0 Å². The maximum absolute atomic E-state index is 6.31. The van der Waals surface area contributed by atoms with Crippen molar-refractivity contribution in [2.45, 2.75) is 39.5 Å². The maximum atomic E-state index is 6.31. The van der Waals surface area contributed by atoms with Gasteiger partial charge in [0.15, 0.2) is 0 Å². The molecule has 0 aromatic heterocycles. The van der Waals surface area contributed by atoms with Crippen molar-refractivity contribution < 1.29 is 4.74 Å². The highest BCUT2D eigenvalue weighted by molar-refractivity contribution is 6.32. The molecule has 0 aliphatic rings. The van der Waals surface area contributed by atoms with Crippen LogP contribution in [0.1, 0.15) is 42.4 Å². The van der Waals surface area contributed by atoms with E-state index in [1.165, 1.54) is 0 Å². The molecule has 0 amide bonds. The van der Waals surface area contributed by atoms with Gasteiger partial charge in [-0.3, -0.25) is 0 Å². The number of aryl methyl sites for hydroxylation is 1. The van der Waals surface area contributed by atoms with E-state index < -0.39 is 0 Å². The molecule has 0 spiro atoms. The highest BCUT2D eigenvalue weighted by Crippen LogP contribution is 2.38. The van der Waals surface area contributed by atoms with E-state index in [1.807, 2.05) is 19.9 Å². The normalized spacial score (nSPS) is 12.0. The lowest BCUT2D eigenvalue weighted by molar-refractivity contribution is 0.404. The lowest BCUT2D eigenvalue weighted by atomic mass is 9.88. The molecule has 0 radical (unpaired) electrons. The van der Waals surface area contributed by atoms with Gasteiger partial charge in [0.25, 0.3) is 0 Å². The summed E-state index contributed by atoms with van der Waals surface area (Å²) < 4.78 is 5.46. The molecular weight excluding hydrogens is 232 g/mol. The number of benzene rings is 1. The van der Waals surface area contributed by atoms with E-state index in [0.717, 1.165) is 33.9 Å². The van der Waals surface area contributed by atoms with E-state index in [9.17, 15) is 0 Å². The average Bonchev–Trinajstić information content (AvgIpc) is 2.33. The Hall–Kier alpha value is -1.13. The van der Waals surface area contributed by atoms with E-state index in [4.69, 9.17) is 22.8 Å². The smallest absolute Gasteiger partial charge is 0.122 e. The third kappa shape index (κ3) is 2.76. The van der Waals surface area contributed by atoms with Crippen molar-refractivity contribution in [3.05, 3.63) is 27.8 Å². The van der Waals surface area contributed by atoms with Crippen LogP contribution in [0.3, 0.4) is 0 Å². The van der Waals surface area contributed by atoms with Crippen LogP contribution in [0.2, 0.25) is 5.02 Å². The molecule has 1 nitrogen and oxygen atoms in total. The first-order chi connectivity index (χ1) is 8.06. The maximum Gasteiger partial charge on any atom is 0.122 e. The molecule has 0 fully saturated rings. The fourth-order valence-corrected chi connectivity index (χ4v) is 2.36. The monoisotopic (exact) mass is 250 g/mol. The van der Waals surface area contributed by atoms with Crippen LogP contribution in [-0.2, 0) is 0 Å². The number of methoxy groups -OCH3 is 1. The lowest BCUT2D eigenvalue weighted by Crippen LogP contribution is -2.04. The fourth-order valence-electron chi connectivity index (χ4n) is 2.21. The van der Waals surface area contributed by atoms with E-state index in [-0.39, 0.29) is 0 Å². The molecule has 0 aliphatic heterocycles. The van der Waals surface area contributed by atoms with Crippen LogP contribution in [0, 0.1) is 26.2 Å². The highest BCUT2D eigenvalue weighted by Gasteiger charge is 2.19. The van der Waals surface area contributed by atoms with Crippen molar-refractivity contribution in [2.75, 3.05) is 7.11 Å². The summed E-state index contributed by atoms with van der Waals surface area (Å²) in [6.45, 7) is 6.16. The summed E-state index contributed by atoms with van der Waals surface area (Å²) in [5.74, 6) is 3.94. The predicted molar refractivity (Wildman–Crippen MR) is 74.0 cm³/mol. The van der Waals surface area contributed by atoms with Crippen molar-refractivity contribution in [3.63, 3.8) is 0 Å². The summed E-state index contributed by atoms with van der Waals surface area (Å²) in [5, 5.41) is 0.816. The Morgan fingerprint density at radius 3 is 2.59 bits per heavy atom. The van der Waals surface area contributed by atoms with Gasteiger partial charge in [-0.05, 0) is 43.4 Å². The second kappa shape index (κ2) is 5.98.